The molecule has 0 saturated carbocycles. The smallest absolute Gasteiger partial charge is 0.306 e. The third kappa shape index (κ3) is 1.82. The lowest BCUT2D eigenvalue weighted by molar-refractivity contribution is -0.142. The van der Waals surface area contributed by atoms with Crippen molar-refractivity contribution in [1.29, 1.82) is 0 Å². The van der Waals surface area contributed by atoms with Crippen LogP contribution in [0.1, 0.15) is 38.5 Å². The first-order valence-electron chi connectivity index (χ1n) is 5.27. The molecule has 2 rings (SSSR count). The molecule has 0 heterocycles. The number of carboxylic acids is 1. The van der Waals surface area contributed by atoms with Gasteiger partial charge in [-0.05, 0) is 38.5 Å². The topological polar surface area (TPSA) is 57.5 Å². The van der Waals surface area contributed by atoms with E-state index in [0.717, 1.165) is 25.7 Å². The fourth-order valence-corrected chi connectivity index (χ4v) is 2.54. The predicted molar refractivity (Wildman–Crippen MR) is 51.9 cm³/mol. The molecule has 2 unspecified atom stereocenters. The number of carboxylic acid groups (broad SMARTS) is 1. The van der Waals surface area contributed by atoms with Crippen LogP contribution in [0.3, 0.4) is 0 Å². The van der Waals surface area contributed by atoms with Crippen molar-refractivity contribution in [2.75, 3.05) is 0 Å². The van der Waals surface area contributed by atoms with Crippen LogP contribution < -0.4 is 0 Å². The fourth-order valence-electron chi connectivity index (χ4n) is 2.54. The molecule has 0 aliphatic heterocycles. The molecule has 0 radical (unpaired) electrons. The number of hydrogen-bond donors (Lipinski definition) is 2. The van der Waals surface area contributed by atoms with Crippen LogP contribution in [0.4, 0.5) is 0 Å². The molecular formula is C11H16O3. The van der Waals surface area contributed by atoms with Gasteiger partial charge in [-0.3, -0.25) is 4.79 Å². The van der Waals surface area contributed by atoms with E-state index in [-0.39, 0.29) is 12.0 Å². The average molecular weight is 196 g/mol. The Bertz CT molecular complexity index is 280. The zero-order valence-electron chi connectivity index (χ0n) is 8.20. The van der Waals surface area contributed by atoms with Crippen LogP contribution >= 0.6 is 0 Å². The molecule has 3 nitrogen and oxygen atoms in total. The summed E-state index contributed by atoms with van der Waals surface area (Å²) in [5.41, 5.74) is 2.65. The van der Waals surface area contributed by atoms with Gasteiger partial charge in [-0.25, -0.2) is 0 Å². The first-order valence-corrected chi connectivity index (χ1v) is 5.27. The molecule has 3 heteroatoms. The average Bonchev–Trinajstić information content (AvgIpc) is 2.16. The summed E-state index contributed by atoms with van der Waals surface area (Å²) in [4.78, 5) is 10.8. The van der Waals surface area contributed by atoms with Gasteiger partial charge in [0.1, 0.15) is 0 Å². The van der Waals surface area contributed by atoms with E-state index in [0.29, 0.717) is 12.8 Å². The molecule has 2 N–H and O–H groups in total. The molecule has 2 aliphatic carbocycles. The number of carbonyl (C=O) groups is 1. The Balaban J connectivity index is 2.10. The molecule has 0 aromatic rings. The SMILES string of the molecule is O=C(O)C1CCC2=C(CC(O)CC2)C1. The molecule has 0 amide bonds. The number of aliphatic carboxylic acids is 1. The van der Waals surface area contributed by atoms with Crippen molar-refractivity contribution >= 4 is 5.97 Å². The minimum atomic E-state index is -0.684. The van der Waals surface area contributed by atoms with Crippen molar-refractivity contribution in [3.63, 3.8) is 0 Å². The fraction of sp³-hybridized carbons (Fsp3) is 0.727. The Morgan fingerprint density at radius 2 is 1.86 bits per heavy atom. The second kappa shape index (κ2) is 3.73. The van der Waals surface area contributed by atoms with Crippen LogP contribution in [-0.4, -0.2) is 22.3 Å². The quantitative estimate of drug-likeness (QED) is 0.628. The van der Waals surface area contributed by atoms with E-state index in [9.17, 15) is 9.90 Å². The van der Waals surface area contributed by atoms with Crippen molar-refractivity contribution in [2.24, 2.45) is 5.92 Å². The molecule has 0 aromatic carbocycles. The lowest BCUT2D eigenvalue weighted by Crippen LogP contribution is -2.24. The highest BCUT2D eigenvalue weighted by atomic mass is 16.4. The highest BCUT2D eigenvalue weighted by molar-refractivity contribution is 5.70. The molecule has 78 valence electrons. The number of rotatable bonds is 1. The van der Waals surface area contributed by atoms with Gasteiger partial charge in [0.05, 0.1) is 12.0 Å². The molecular weight excluding hydrogens is 180 g/mol. The van der Waals surface area contributed by atoms with Crippen molar-refractivity contribution in [1.82, 2.24) is 0 Å². The van der Waals surface area contributed by atoms with E-state index in [1.807, 2.05) is 0 Å². The van der Waals surface area contributed by atoms with Crippen LogP contribution in [0.15, 0.2) is 11.1 Å². The highest BCUT2D eigenvalue weighted by Crippen LogP contribution is 2.38. The second-order valence-electron chi connectivity index (χ2n) is 4.38. The minimum Gasteiger partial charge on any atom is -0.481 e. The van der Waals surface area contributed by atoms with Crippen LogP contribution in [0, 0.1) is 5.92 Å². The molecule has 0 saturated heterocycles. The third-order valence-corrected chi connectivity index (χ3v) is 3.40. The van der Waals surface area contributed by atoms with Gasteiger partial charge in [-0.15, -0.1) is 0 Å². The Morgan fingerprint density at radius 3 is 2.57 bits per heavy atom. The van der Waals surface area contributed by atoms with E-state index >= 15 is 0 Å². The van der Waals surface area contributed by atoms with Crippen LogP contribution in [-0.2, 0) is 4.79 Å². The number of allylic oxidation sites excluding steroid dienone is 1. The van der Waals surface area contributed by atoms with Crippen LogP contribution in [0.5, 0.6) is 0 Å². The maximum atomic E-state index is 10.8. The number of hydrogen-bond acceptors (Lipinski definition) is 2. The van der Waals surface area contributed by atoms with Gasteiger partial charge in [-0.1, -0.05) is 11.1 Å². The lowest BCUT2D eigenvalue weighted by Gasteiger charge is -2.30. The normalized spacial score (nSPS) is 32.6. The summed E-state index contributed by atoms with van der Waals surface area (Å²) in [5, 5.41) is 18.4. The van der Waals surface area contributed by atoms with Crippen LogP contribution in [0.25, 0.3) is 0 Å². The second-order valence-corrected chi connectivity index (χ2v) is 4.38. The summed E-state index contributed by atoms with van der Waals surface area (Å²) < 4.78 is 0. The Kier molecular flexibility index (Phi) is 2.59. The van der Waals surface area contributed by atoms with Gasteiger partial charge in [0, 0.05) is 0 Å². The molecule has 2 atom stereocenters. The predicted octanol–water partition coefficient (Wildman–Crippen LogP) is 1.71. The number of aliphatic hydroxyl groups excluding tert-OH is 1. The Labute approximate surface area is 83.4 Å². The summed E-state index contributed by atoms with van der Waals surface area (Å²) >= 11 is 0. The van der Waals surface area contributed by atoms with E-state index in [1.54, 1.807) is 0 Å². The first kappa shape index (κ1) is 9.71. The summed E-state index contributed by atoms with van der Waals surface area (Å²) in [6.45, 7) is 0. The van der Waals surface area contributed by atoms with Crippen molar-refractivity contribution in [3.05, 3.63) is 11.1 Å². The summed E-state index contributed by atoms with van der Waals surface area (Å²) in [6, 6.07) is 0. The van der Waals surface area contributed by atoms with E-state index in [2.05, 4.69) is 0 Å². The van der Waals surface area contributed by atoms with E-state index in [1.165, 1.54) is 11.1 Å². The molecule has 14 heavy (non-hydrogen) atoms. The minimum absolute atomic E-state index is 0.209. The van der Waals surface area contributed by atoms with E-state index < -0.39 is 5.97 Å². The summed E-state index contributed by atoms with van der Waals surface area (Å²) in [7, 11) is 0. The third-order valence-electron chi connectivity index (χ3n) is 3.40. The van der Waals surface area contributed by atoms with Gasteiger partial charge in [0.25, 0.3) is 0 Å². The number of aliphatic hydroxyl groups is 1. The monoisotopic (exact) mass is 196 g/mol. The maximum Gasteiger partial charge on any atom is 0.306 e. The molecule has 0 fully saturated rings. The maximum absolute atomic E-state index is 10.8. The molecule has 2 aliphatic rings. The lowest BCUT2D eigenvalue weighted by atomic mass is 9.76. The van der Waals surface area contributed by atoms with Gasteiger partial charge >= 0.3 is 5.97 Å². The zero-order chi connectivity index (χ0) is 10.1. The first-order chi connectivity index (χ1) is 6.66. The van der Waals surface area contributed by atoms with Gasteiger partial charge < -0.3 is 10.2 Å². The van der Waals surface area contributed by atoms with Gasteiger partial charge in [0.15, 0.2) is 0 Å². The van der Waals surface area contributed by atoms with Crippen molar-refractivity contribution < 1.29 is 15.0 Å². The van der Waals surface area contributed by atoms with Crippen molar-refractivity contribution in [3.8, 4) is 0 Å². The Morgan fingerprint density at radius 1 is 1.14 bits per heavy atom. The molecule has 0 bridgehead atoms. The van der Waals surface area contributed by atoms with Crippen molar-refractivity contribution in [2.45, 2.75) is 44.6 Å². The standard InChI is InChI=1S/C11H16O3/c12-10-4-3-7-1-2-8(11(13)14)5-9(7)6-10/h8,10,12H,1-6H2,(H,13,14). The Hall–Kier alpha value is -0.830. The van der Waals surface area contributed by atoms with Gasteiger partial charge in [0.2, 0.25) is 0 Å². The zero-order valence-corrected chi connectivity index (χ0v) is 8.20. The van der Waals surface area contributed by atoms with Crippen LogP contribution in [0.2, 0.25) is 0 Å². The largest absolute Gasteiger partial charge is 0.481 e. The summed E-state index contributed by atoms with van der Waals surface area (Å²) in [5.74, 6) is -0.893. The highest BCUT2D eigenvalue weighted by Gasteiger charge is 2.29. The van der Waals surface area contributed by atoms with Gasteiger partial charge in [-0.2, -0.15) is 0 Å². The summed E-state index contributed by atoms with van der Waals surface area (Å²) in [6.07, 6.45) is 4.69. The van der Waals surface area contributed by atoms with E-state index in [4.69, 9.17) is 5.11 Å². The molecule has 0 spiro atoms. The molecule has 0 aromatic heterocycles.